The van der Waals surface area contributed by atoms with Crippen molar-refractivity contribution < 1.29 is 0 Å². The Morgan fingerprint density at radius 2 is 1.83 bits per heavy atom. The molecule has 3 nitrogen and oxygen atoms in total. The second kappa shape index (κ2) is 6.09. The minimum absolute atomic E-state index is 0.0216. The lowest BCUT2D eigenvalue weighted by Crippen LogP contribution is -2.13. The van der Waals surface area contributed by atoms with Gasteiger partial charge in [0, 0.05) is 34.6 Å². The quantitative estimate of drug-likeness (QED) is 0.669. The van der Waals surface area contributed by atoms with E-state index in [1.165, 1.54) is 0 Å². The van der Waals surface area contributed by atoms with Crippen molar-refractivity contribution >= 4 is 11.6 Å². The van der Waals surface area contributed by atoms with Crippen molar-refractivity contribution in [3.63, 3.8) is 0 Å². The second-order valence-corrected chi connectivity index (χ2v) is 6.76. The van der Waals surface area contributed by atoms with Crippen molar-refractivity contribution in [3.05, 3.63) is 65.6 Å². The first kappa shape index (κ1) is 15.6. The predicted octanol–water partition coefficient (Wildman–Crippen LogP) is 4.96. The van der Waals surface area contributed by atoms with Crippen LogP contribution < -0.4 is 0 Å². The third-order valence-corrected chi connectivity index (χ3v) is 3.84. The zero-order valence-corrected chi connectivity index (χ0v) is 14.1. The smallest absolute Gasteiger partial charge is 0.159 e. The Balaban J connectivity index is 2.06. The minimum Gasteiger partial charge on any atom is -0.261 e. The lowest BCUT2D eigenvalue weighted by molar-refractivity contribution is 0.569. The summed E-state index contributed by atoms with van der Waals surface area (Å²) < 4.78 is 0. The number of halogens is 1. The fraction of sp³-hybridized carbons (Fsp3) is 0.211. The number of hydrogen-bond donors (Lipinski definition) is 0. The van der Waals surface area contributed by atoms with Gasteiger partial charge in [0.05, 0.1) is 10.7 Å². The average molecular weight is 323 g/mol. The van der Waals surface area contributed by atoms with Gasteiger partial charge in [0.2, 0.25) is 0 Å². The van der Waals surface area contributed by atoms with Gasteiger partial charge in [0.15, 0.2) is 5.82 Å². The molecule has 23 heavy (non-hydrogen) atoms. The molecule has 0 atom stereocenters. The zero-order chi connectivity index (χ0) is 16.4. The first-order valence-electron chi connectivity index (χ1n) is 7.41. The van der Waals surface area contributed by atoms with E-state index in [-0.39, 0.29) is 5.41 Å². The Hall–Kier alpha value is -2.26. The summed E-state index contributed by atoms with van der Waals surface area (Å²) in [5.41, 5.74) is 3.61. The van der Waals surface area contributed by atoms with Crippen molar-refractivity contribution in [2.45, 2.75) is 26.2 Å². The van der Waals surface area contributed by atoms with Crippen LogP contribution in [0.25, 0.3) is 22.6 Å². The summed E-state index contributed by atoms with van der Waals surface area (Å²) in [5.74, 6) is 0.666. The Kier molecular flexibility index (Phi) is 4.14. The molecule has 0 saturated carbocycles. The van der Waals surface area contributed by atoms with E-state index in [1.54, 1.807) is 18.5 Å². The van der Waals surface area contributed by atoms with E-state index in [1.807, 2.05) is 30.3 Å². The van der Waals surface area contributed by atoms with Gasteiger partial charge in [-0.2, -0.15) is 0 Å². The largest absolute Gasteiger partial charge is 0.261 e. The van der Waals surface area contributed by atoms with Crippen LogP contribution in [0.5, 0.6) is 0 Å². The molecule has 0 aliphatic carbocycles. The average Bonchev–Trinajstić information content (AvgIpc) is 2.55. The molecule has 0 unspecified atom stereocenters. The molecule has 2 aromatic heterocycles. The van der Waals surface area contributed by atoms with Gasteiger partial charge in [-0.3, -0.25) is 4.98 Å². The molecule has 0 spiro atoms. The maximum Gasteiger partial charge on any atom is 0.159 e. The van der Waals surface area contributed by atoms with Crippen molar-refractivity contribution in [3.8, 4) is 22.6 Å². The normalized spacial score (nSPS) is 11.5. The highest BCUT2D eigenvalue weighted by molar-refractivity contribution is 6.33. The lowest BCUT2D eigenvalue weighted by atomic mass is 9.91. The molecule has 1 radical (unpaired) electrons. The molecule has 0 fully saturated rings. The van der Waals surface area contributed by atoms with Gasteiger partial charge in [-0.15, -0.1) is 0 Å². The molecule has 0 saturated heterocycles. The lowest BCUT2D eigenvalue weighted by Gasteiger charge is -2.18. The van der Waals surface area contributed by atoms with Gasteiger partial charge >= 0.3 is 0 Å². The van der Waals surface area contributed by atoms with Gasteiger partial charge in [-0.1, -0.05) is 44.5 Å². The monoisotopic (exact) mass is 322 g/mol. The molecule has 4 heteroatoms. The van der Waals surface area contributed by atoms with Crippen LogP contribution in [0.4, 0.5) is 0 Å². The van der Waals surface area contributed by atoms with E-state index in [0.717, 1.165) is 22.5 Å². The molecule has 0 amide bonds. The van der Waals surface area contributed by atoms with Crippen molar-refractivity contribution in [1.82, 2.24) is 15.0 Å². The van der Waals surface area contributed by atoms with Crippen LogP contribution in [0, 0.1) is 6.07 Å². The van der Waals surface area contributed by atoms with E-state index in [2.05, 4.69) is 41.8 Å². The summed E-state index contributed by atoms with van der Waals surface area (Å²) in [6.45, 7) is 6.41. The summed E-state index contributed by atoms with van der Waals surface area (Å²) >= 11 is 6.24. The Labute approximate surface area is 141 Å². The zero-order valence-electron chi connectivity index (χ0n) is 13.3. The van der Waals surface area contributed by atoms with Crippen LogP contribution in [0.3, 0.4) is 0 Å². The number of nitrogens with zero attached hydrogens (tertiary/aromatic N) is 3. The van der Waals surface area contributed by atoms with Crippen molar-refractivity contribution in [1.29, 1.82) is 0 Å². The van der Waals surface area contributed by atoms with Crippen molar-refractivity contribution in [2.75, 3.05) is 0 Å². The highest BCUT2D eigenvalue weighted by Crippen LogP contribution is 2.28. The summed E-state index contributed by atoms with van der Waals surface area (Å²) in [7, 11) is 0. The number of pyridine rings is 1. The van der Waals surface area contributed by atoms with Gasteiger partial charge in [-0.25, -0.2) is 9.97 Å². The number of aromatic nitrogens is 3. The van der Waals surface area contributed by atoms with Crippen LogP contribution in [0.2, 0.25) is 5.02 Å². The molecular weight excluding hydrogens is 306 g/mol. The fourth-order valence-electron chi connectivity index (χ4n) is 2.25. The summed E-state index contributed by atoms with van der Waals surface area (Å²) in [6.07, 6.45) is 3.55. The van der Waals surface area contributed by atoms with Crippen molar-refractivity contribution in [2.24, 2.45) is 0 Å². The molecule has 3 rings (SSSR count). The predicted molar refractivity (Wildman–Crippen MR) is 93.2 cm³/mol. The highest BCUT2D eigenvalue weighted by atomic mass is 35.5. The summed E-state index contributed by atoms with van der Waals surface area (Å²) in [4.78, 5) is 13.5. The standard InChI is InChI=1S/C19H17ClN3/c1-19(2,3)17-12-13(8-10-21-17)18-22-11-9-16(23-18)14-6-4-5-7-15(14)20/h4,6-12H,1-3H3. The molecular formula is C19H17ClN3. The molecule has 1 aromatic carbocycles. The van der Waals surface area contributed by atoms with E-state index < -0.39 is 0 Å². The van der Waals surface area contributed by atoms with Crippen LogP contribution in [-0.2, 0) is 5.41 Å². The topological polar surface area (TPSA) is 38.7 Å². The maximum atomic E-state index is 6.24. The van der Waals surface area contributed by atoms with Gasteiger partial charge in [0.1, 0.15) is 0 Å². The molecule has 2 heterocycles. The first-order chi connectivity index (χ1) is 10.9. The molecule has 0 aliphatic rings. The third kappa shape index (κ3) is 3.40. The number of hydrogen-bond acceptors (Lipinski definition) is 3. The maximum absolute atomic E-state index is 6.24. The van der Waals surface area contributed by atoms with Crippen LogP contribution in [0.15, 0.2) is 48.8 Å². The van der Waals surface area contributed by atoms with Crippen LogP contribution >= 0.6 is 11.6 Å². The van der Waals surface area contributed by atoms with Gasteiger partial charge in [0.25, 0.3) is 0 Å². The molecule has 0 aliphatic heterocycles. The Morgan fingerprint density at radius 1 is 1.04 bits per heavy atom. The fourth-order valence-corrected chi connectivity index (χ4v) is 2.47. The molecule has 0 N–H and O–H groups in total. The van der Waals surface area contributed by atoms with Gasteiger partial charge in [-0.05, 0) is 30.3 Å². The van der Waals surface area contributed by atoms with E-state index in [4.69, 9.17) is 11.6 Å². The molecule has 3 aromatic rings. The van der Waals surface area contributed by atoms with Crippen LogP contribution in [0.1, 0.15) is 26.5 Å². The molecule has 0 bridgehead atoms. The molecule has 115 valence electrons. The summed E-state index contributed by atoms with van der Waals surface area (Å²) in [6, 6.07) is 14.3. The van der Waals surface area contributed by atoms with E-state index in [0.29, 0.717) is 10.8 Å². The Bertz CT molecular complexity index is 838. The summed E-state index contributed by atoms with van der Waals surface area (Å²) in [5, 5.41) is 0.627. The van der Waals surface area contributed by atoms with Gasteiger partial charge < -0.3 is 0 Å². The third-order valence-electron chi connectivity index (χ3n) is 3.53. The Morgan fingerprint density at radius 3 is 2.57 bits per heavy atom. The first-order valence-corrected chi connectivity index (χ1v) is 7.79. The number of benzene rings is 1. The highest BCUT2D eigenvalue weighted by Gasteiger charge is 2.16. The second-order valence-electron chi connectivity index (χ2n) is 6.35. The SMILES string of the molecule is CC(C)(C)c1cc(-c2nccc(-c3cc[c]cc3Cl)n2)ccn1. The van der Waals surface area contributed by atoms with E-state index >= 15 is 0 Å². The van der Waals surface area contributed by atoms with Crippen LogP contribution in [-0.4, -0.2) is 15.0 Å². The number of rotatable bonds is 2. The van der Waals surface area contributed by atoms with E-state index in [9.17, 15) is 0 Å². The minimum atomic E-state index is -0.0216.